The van der Waals surface area contributed by atoms with Crippen molar-refractivity contribution < 1.29 is 9.53 Å². The molecule has 0 aliphatic heterocycles. The number of Topliss-reactive ketones (excluding diaryl/α,β-unsaturated/α-hetero) is 1. The minimum atomic E-state index is -0.000556. The summed E-state index contributed by atoms with van der Waals surface area (Å²) in [6.45, 7) is 6.24. The van der Waals surface area contributed by atoms with Crippen LogP contribution in [-0.2, 0) is 4.74 Å². The molecule has 1 rings (SSSR count). The number of ether oxygens (including phenoxy) is 1. The number of halogens is 1. The Kier molecular flexibility index (Phi) is 4.77. The molecule has 4 heteroatoms. The number of rotatable bonds is 5. The van der Waals surface area contributed by atoms with Crippen molar-refractivity contribution in [1.82, 2.24) is 0 Å². The lowest BCUT2D eigenvalue weighted by Crippen LogP contribution is -2.19. The number of ketones is 1. The Morgan fingerprint density at radius 2 is 2.13 bits per heavy atom. The maximum atomic E-state index is 11.6. The summed E-state index contributed by atoms with van der Waals surface area (Å²) in [7, 11) is 0. The van der Waals surface area contributed by atoms with E-state index >= 15 is 0 Å². The van der Waals surface area contributed by atoms with Crippen LogP contribution in [0.1, 0.15) is 30.4 Å². The second-order valence-electron chi connectivity index (χ2n) is 3.79. The zero-order valence-electron chi connectivity index (χ0n) is 9.12. The van der Waals surface area contributed by atoms with Gasteiger partial charge in [0, 0.05) is 0 Å². The smallest absolute Gasteiger partial charge is 0.198 e. The number of thiophene rings is 1. The number of carbonyl (C=O) groups excluding carboxylic acids is 1. The highest BCUT2D eigenvalue weighted by atomic mass is 35.5. The minimum absolute atomic E-state index is 0.000556. The predicted molar refractivity (Wildman–Crippen MR) is 63.9 cm³/mol. The van der Waals surface area contributed by atoms with Crippen molar-refractivity contribution in [2.45, 2.75) is 26.9 Å². The van der Waals surface area contributed by atoms with Gasteiger partial charge in [-0.2, -0.15) is 0 Å². The van der Waals surface area contributed by atoms with Gasteiger partial charge >= 0.3 is 0 Å². The van der Waals surface area contributed by atoms with E-state index in [9.17, 15) is 4.79 Å². The van der Waals surface area contributed by atoms with Crippen molar-refractivity contribution in [3.63, 3.8) is 0 Å². The molecule has 0 aliphatic carbocycles. The second kappa shape index (κ2) is 5.64. The lowest BCUT2D eigenvalue weighted by Gasteiger charge is -2.15. The van der Waals surface area contributed by atoms with E-state index in [0.717, 1.165) is 0 Å². The zero-order valence-corrected chi connectivity index (χ0v) is 10.7. The molecule has 0 aliphatic rings. The van der Waals surface area contributed by atoms with Crippen LogP contribution >= 0.6 is 22.9 Å². The van der Waals surface area contributed by atoms with Crippen molar-refractivity contribution in [2.24, 2.45) is 5.92 Å². The molecule has 1 unspecified atom stereocenters. The van der Waals surface area contributed by atoms with Crippen LogP contribution in [0.5, 0.6) is 0 Å². The van der Waals surface area contributed by atoms with Crippen molar-refractivity contribution in [2.75, 3.05) is 6.61 Å². The lowest BCUT2D eigenvalue weighted by atomic mass is 10.1. The van der Waals surface area contributed by atoms with E-state index < -0.39 is 0 Å². The third-order valence-corrected chi connectivity index (χ3v) is 3.54. The van der Waals surface area contributed by atoms with Gasteiger partial charge in [0.25, 0.3) is 0 Å². The Morgan fingerprint density at radius 3 is 2.60 bits per heavy atom. The van der Waals surface area contributed by atoms with Gasteiger partial charge in [0.1, 0.15) is 6.61 Å². The van der Waals surface area contributed by atoms with Crippen LogP contribution in [0.4, 0.5) is 0 Å². The molecule has 0 bridgehead atoms. The summed E-state index contributed by atoms with van der Waals surface area (Å²) in [5.74, 6) is 0.420. The van der Waals surface area contributed by atoms with E-state index in [1.165, 1.54) is 11.3 Å². The summed E-state index contributed by atoms with van der Waals surface area (Å²) >= 11 is 7.03. The highest BCUT2D eigenvalue weighted by molar-refractivity contribution is 7.18. The summed E-state index contributed by atoms with van der Waals surface area (Å²) in [4.78, 5) is 12.3. The maximum absolute atomic E-state index is 11.6. The summed E-state index contributed by atoms with van der Waals surface area (Å²) < 4.78 is 6.08. The fraction of sp³-hybridized carbons (Fsp3) is 0.545. The van der Waals surface area contributed by atoms with Crippen LogP contribution in [0, 0.1) is 5.92 Å². The SMILES string of the molecule is CC(C)C(C)OCC(=O)c1ccc(Cl)s1. The molecule has 1 atom stereocenters. The summed E-state index contributed by atoms with van der Waals surface area (Å²) in [5, 5.41) is 0. The Bertz CT molecular complexity index is 333. The summed E-state index contributed by atoms with van der Waals surface area (Å²) in [6, 6.07) is 3.46. The Hall–Kier alpha value is -0.380. The molecule has 0 aromatic carbocycles. The average Bonchev–Trinajstić information content (AvgIpc) is 2.60. The number of carbonyl (C=O) groups is 1. The van der Waals surface area contributed by atoms with Crippen LogP contribution in [0.2, 0.25) is 4.34 Å². The fourth-order valence-corrected chi connectivity index (χ4v) is 1.90. The highest BCUT2D eigenvalue weighted by Gasteiger charge is 2.13. The molecule has 0 spiro atoms. The summed E-state index contributed by atoms with van der Waals surface area (Å²) in [6.07, 6.45) is 0.101. The molecule has 0 saturated heterocycles. The molecule has 0 fully saturated rings. The van der Waals surface area contributed by atoms with E-state index in [4.69, 9.17) is 16.3 Å². The molecule has 0 amide bonds. The molecule has 2 nitrogen and oxygen atoms in total. The minimum Gasteiger partial charge on any atom is -0.370 e. The molecule has 0 radical (unpaired) electrons. The Balaban J connectivity index is 2.43. The molecule has 0 N–H and O–H groups in total. The van der Waals surface area contributed by atoms with Crippen LogP contribution in [0.3, 0.4) is 0 Å². The van der Waals surface area contributed by atoms with Crippen LogP contribution in [-0.4, -0.2) is 18.5 Å². The fourth-order valence-electron chi connectivity index (χ4n) is 0.935. The second-order valence-corrected chi connectivity index (χ2v) is 5.50. The van der Waals surface area contributed by atoms with E-state index in [1.54, 1.807) is 12.1 Å². The summed E-state index contributed by atoms with van der Waals surface area (Å²) in [5.41, 5.74) is 0. The first-order chi connectivity index (χ1) is 7.00. The van der Waals surface area contributed by atoms with Crippen molar-refractivity contribution in [1.29, 1.82) is 0 Å². The molecule has 1 heterocycles. The van der Waals surface area contributed by atoms with Crippen LogP contribution < -0.4 is 0 Å². The van der Waals surface area contributed by atoms with Crippen molar-refractivity contribution in [3.05, 3.63) is 21.3 Å². The molecular formula is C11H15ClO2S. The van der Waals surface area contributed by atoms with E-state index in [2.05, 4.69) is 13.8 Å². The van der Waals surface area contributed by atoms with Crippen LogP contribution in [0.15, 0.2) is 12.1 Å². The lowest BCUT2D eigenvalue weighted by molar-refractivity contribution is 0.0339. The van der Waals surface area contributed by atoms with Gasteiger partial charge in [0.2, 0.25) is 0 Å². The monoisotopic (exact) mass is 246 g/mol. The molecule has 1 aromatic rings. The van der Waals surface area contributed by atoms with Gasteiger partial charge < -0.3 is 4.74 Å². The van der Waals surface area contributed by atoms with Gasteiger partial charge in [-0.1, -0.05) is 25.4 Å². The van der Waals surface area contributed by atoms with Gasteiger partial charge in [-0.05, 0) is 25.0 Å². The van der Waals surface area contributed by atoms with Gasteiger partial charge in [0.05, 0.1) is 15.3 Å². The van der Waals surface area contributed by atoms with E-state index in [0.29, 0.717) is 15.1 Å². The largest absolute Gasteiger partial charge is 0.370 e. The molecule has 15 heavy (non-hydrogen) atoms. The van der Waals surface area contributed by atoms with Crippen molar-refractivity contribution >= 4 is 28.7 Å². The standard InChI is InChI=1S/C11H15ClO2S/c1-7(2)8(3)14-6-9(13)10-4-5-11(12)15-10/h4-5,7-8H,6H2,1-3H3. The van der Waals surface area contributed by atoms with Crippen molar-refractivity contribution in [3.8, 4) is 0 Å². The Labute approximate surface area is 99.2 Å². The molecule has 1 aromatic heterocycles. The normalized spacial score (nSPS) is 13.1. The Morgan fingerprint density at radius 1 is 1.47 bits per heavy atom. The average molecular weight is 247 g/mol. The first-order valence-corrected chi connectivity index (χ1v) is 6.10. The molecule has 84 valence electrons. The molecule has 0 saturated carbocycles. The third kappa shape index (κ3) is 3.93. The molecular weight excluding hydrogens is 232 g/mol. The first kappa shape index (κ1) is 12.7. The van der Waals surface area contributed by atoms with E-state index in [1.807, 2.05) is 6.92 Å². The zero-order chi connectivity index (χ0) is 11.4. The van der Waals surface area contributed by atoms with Gasteiger partial charge in [0.15, 0.2) is 5.78 Å². The number of hydrogen-bond acceptors (Lipinski definition) is 3. The van der Waals surface area contributed by atoms with Crippen LogP contribution in [0.25, 0.3) is 0 Å². The first-order valence-electron chi connectivity index (χ1n) is 4.91. The topological polar surface area (TPSA) is 26.3 Å². The maximum Gasteiger partial charge on any atom is 0.198 e. The van der Waals surface area contributed by atoms with Gasteiger partial charge in [-0.15, -0.1) is 11.3 Å². The number of hydrogen-bond donors (Lipinski definition) is 0. The van der Waals surface area contributed by atoms with Gasteiger partial charge in [-0.3, -0.25) is 4.79 Å². The van der Waals surface area contributed by atoms with Gasteiger partial charge in [-0.25, -0.2) is 0 Å². The third-order valence-electron chi connectivity index (χ3n) is 2.26. The highest BCUT2D eigenvalue weighted by Crippen LogP contribution is 2.22. The van der Waals surface area contributed by atoms with E-state index in [-0.39, 0.29) is 18.5 Å². The predicted octanol–water partition coefficient (Wildman–Crippen LogP) is 3.65. The quantitative estimate of drug-likeness (QED) is 0.742.